The number of carbonyl (C=O) groups is 2. The van der Waals surface area contributed by atoms with Gasteiger partial charge in [0.15, 0.2) is 11.6 Å². The van der Waals surface area contributed by atoms with Crippen LogP contribution in [0.3, 0.4) is 0 Å². The van der Waals surface area contributed by atoms with Crippen molar-refractivity contribution >= 4 is 23.2 Å². The Balaban J connectivity index is 1.77. The second-order valence-corrected chi connectivity index (χ2v) is 8.06. The number of hydrogen-bond donors (Lipinski definition) is 0. The van der Waals surface area contributed by atoms with Crippen LogP contribution < -0.4 is 4.74 Å². The van der Waals surface area contributed by atoms with Gasteiger partial charge >= 0.3 is 0 Å². The van der Waals surface area contributed by atoms with Crippen molar-refractivity contribution in [1.29, 1.82) is 0 Å². The predicted octanol–water partition coefficient (Wildman–Crippen LogP) is 4.04. The normalized spacial score (nSPS) is 15.7. The number of hydrogen-bond acceptors (Lipinski definition) is 4. The Morgan fingerprint density at radius 2 is 2.07 bits per heavy atom. The van der Waals surface area contributed by atoms with Crippen LogP contribution in [-0.2, 0) is 16.0 Å². The number of fused-ring (bicyclic) bond motifs is 1. The highest BCUT2D eigenvalue weighted by Crippen LogP contribution is 2.34. The van der Waals surface area contributed by atoms with Crippen molar-refractivity contribution in [2.24, 2.45) is 0 Å². The first-order valence-corrected chi connectivity index (χ1v) is 10.9. The van der Waals surface area contributed by atoms with Gasteiger partial charge in [-0.05, 0) is 42.0 Å². The lowest BCUT2D eigenvalue weighted by Gasteiger charge is -2.37. The topological polar surface area (TPSA) is 49.9 Å². The van der Waals surface area contributed by atoms with E-state index < -0.39 is 5.82 Å². The quantitative estimate of drug-likeness (QED) is 0.650. The molecule has 0 radical (unpaired) electrons. The average Bonchev–Trinajstić information content (AvgIpc) is 3.21. The van der Waals surface area contributed by atoms with E-state index >= 15 is 0 Å². The molecule has 29 heavy (non-hydrogen) atoms. The molecule has 1 atom stereocenters. The van der Waals surface area contributed by atoms with Crippen molar-refractivity contribution < 1.29 is 18.7 Å². The summed E-state index contributed by atoms with van der Waals surface area (Å²) >= 11 is 1.67. The summed E-state index contributed by atoms with van der Waals surface area (Å²) in [6.45, 7) is 5.16. The maximum Gasteiger partial charge on any atom is 0.242 e. The fraction of sp³-hybridized carbons (Fsp3) is 0.455. The molecule has 1 aliphatic heterocycles. The highest BCUT2D eigenvalue weighted by atomic mass is 32.1. The van der Waals surface area contributed by atoms with E-state index in [4.69, 9.17) is 4.74 Å². The number of benzene rings is 1. The maximum atomic E-state index is 14.0. The lowest BCUT2D eigenvalue weighted by molar-refractivity contribution is -0.142. The molecule has 0 unspecified atom stereocenters. The van der Waals surface area contributed by atoms with E-state index in [0.717, 1.165) is 18.4 Å². The third kappa shape index (κ3) is 4.96. The molecule has 5 nitrogen and oxygen atoms in total. The molecule has 0 aliphatic carbocycles. The van der Waals surface area contributed by atoms with Crippen molar-refractivity contribution in [2.75, 3.05) is 26.2 Å². The van der Waals surface area contributed by atoms with Crippen LogP contribution >= 0.6 is 11.3 Å². The molecule has 0 N–H and O–H groups in total. The van der Waals surface area contributed by atoms with E-state index in [-0.39, 0.29) is 36.8 Å². The molecule has 1 aliphatic rings. The van der Waals surface area contributed by atoms with Crippen molar-refractivity contribution in [2.45, 2.75) is 39.2 Å². The minimum Gasteiger partial charge on any atom is -0.488 e. The third-order valence-electron chi connectivity index (χ3n) is 5.12. The van der Waals surface area contributed by atoms with Crippen LogP contribution in [0.4, 0.5) is 4.39 Å². The second-order valence-electron chi connectivity index (χ2n) is 7.06. The number of rotatable bonds is 8. The largest absolute Gasteiger partial charge is 0.488 e. The lowest BCUT2D eigenvalue weighted by Crippen LogP contribution is -2.47. The number of carbonyl (C=O) groups excluding carboxylic acids is 2. The van der Waals surface area contributed by atoms with Crippen LogP contribution in [0.5, 0.6) is 5.75 Å². The minimum atomic E-state index is -0.422. The Bertz CT molecular complexity index is 854. The van der Waals surface area contributed by atoms with Crippen LogP contribution in [0, 0.1) is 5.82 Å². The van der Waals surface area contributed by atoms with Crippen molar-refractivity contribution in [3.63, 3.8) is 0 Å². The summed E-state index contributed by atoms with van der Waals surface area (Å²) in [4.78, 5) is 30.0. The predicted molar refractivity (Wildman–Crippen MR) is 112 cm³/mol. The summed E-state index contributed by atoms with van der Waals surface area (Å²) in [7, 11) is 0. The van der Waals surface area contributed by atoms with E-state index in [1.165, 1.54) is 10.9 Å². The smallest absolute Gasteiger partial charge is 0.242 e. The number of para-hydroxylation sites is 1. The maximum absolute atomic E-state index is 14.0. The Kier molecular flexibility index (Phi) is 7.25. The zero-order valence-electron chi connectivity index (χ0n) is 16.9. The molecule has 0 saturated carbocycles. The average molecular weight is 419 g/mol. The molecule has 3 rings (SSSR count). The molecule has 0 spiro atoms. The Morgan fingerprint density at radius 1 is 1.28 bits per heavy atom. The van der Waals surface area contributed by atoms with Crippen LogP contribution in [0.2, 0.25) is 0 Å². The fourth-order valence-electron chi connectivity index (χ4n) is 3.64. The van der Waals surface area contributed by atoms with Gasteiger partial charge in [-0.25, -0.2) is 4.39 Å². The van der Waals surface area contributed by atoms with Crippen LogP contribution in [-0.4, -0.2) is 47.9 Å². The first-order valence-electron chi connectivity index (χ1n) is 10.1. The monoisotopic (exact) mass is 418 g/mol. The van der Waals surface area contributed by atoms with Gasteiger partial charge in [-0.15, -0.1) is 11.3 Å². The minimum absolute atomic E-state index is 0.0208. The highest BCUT2D eigenvalue weighted by Gasteiger charge is 2.33. The second kappa shape index (κ2) is 9.87. The fourth-order valence-corrected chi connectivity index (χ4v) is 4.57. The molecule has 7 heteroatoms. The summed E-state index contributed by atoms with van der Waals surface area (Å²) < 4.78 is 19.7. The molecule has 2 heterocycles. The Labute approximate surface area is 175 Å². The molecule has 2 aromatic rings. The summed E-state index contributed by atoms with van der Waals surface area (Å²) in [6.07, 6.45) is 1.96. The number of nitrogens with zero attached hydrogens (tertiary/aromatic N) is 2. The van der Waals surface area contributed by atoms with Gasteiger partial charge in [-0.1, -0.05) is 26.0 Å². The Morgan fingerprint density at radius 3 is 2.79 bits per heavy atom. The van der Waals surface area contributed by atoms with Gasteiger partial charge in [0.25, 0.3) is 0 Å². The standard InChI is InChI=1S/C22H27FN2O3S/c1-3-11-24(21(26)4-2)14-22(27)25-12-9-20-16(10-13-29-20)18(25)15-28-19-8-6-5-7-17(19)23/h5-8,10,13,18H,3-4,9,11-12,14-15H2,1-2H3/t18-/m1/s1. The number of halogens is 1. The molecular formula is C22H27FN2O3S. The first-order chi connectivity index (χ1) is 14.0. The van der Waals surface area contributed by atoms with E-state index in [1.807, 2.05) is 18.4 Å². The number of amides is 2. The lowest BCUT2D eigenvalue weighted by atomic mass is 10.0. The summed E-state index contributed by atoms with van der Waals surface area (Å²) in [5, 5.41) is 2.01. The molecule has 156 valence electrons. The molecular weight excluding hydrogens is 391 g/mol. The molecule has 1 aromatic heterocycles. The number of ether oxygens (including phenoxy) is 1. The molecule has 0 saturated heterocycles. The molecule has 0 fully saturated rings. The van der Waals surface area contributed by atoms with Gasteiger partial charge in [0.1, 0.15) is 6.61 Å². The van der Waals surface area contributed by atoms with Crippen LogP contribution in [0.15, 0.2) is 35.7 Å². The van der Waals surface area contributed by atoms with Gasteiger partial charge in [0.2, 0.25) is 11.8 Å². The van der Waals surface area contributed by atoms with Gasteiger partial charge in [-0.3, -0.25) is 9.59 Å². The summed E-state index contributed by atoms with van der Waals surface area (Å²) in [5.41, 5.74) is 1.05. The highest BCUT2D eigenvalue weighted by molar-refractivity contribution is 7.10. The SMILES string of the molecule is CCCN(CC(=O)N1CCc2sccc2[C@H]1COc1ccccc1F)C(=O)CC. The summed E-state index contributed by atoms with van der Waals surface area (Å²) in [5.74, 6) is -0.364. The van der Waals surface area contributed by atoms with Crippen LogP contribution in [0.25, 0.3) is 0 Å². The van der Waals surface area contributed by atoms with Crippen LogP contribution in [0.1, 0.15) is 43.2 Å². The first kappa shape index (κ1) is 21.3. The summed E-state index contributed by atoms with van der Waals surface area (Å²) in [6, 6.07) is 7.99. The van der Waals surface area contributed by atoms with E-state index in [2.05, 4.69) is 0 Å². The third-order valence-corrected chi connectivity index (χ3v) is 6.12. The Hall–Kier alpha value is -2.41. The molecule has 1 aromatic carbocycles. The number of thiophene rings is 1. The van der Waals surface area contributed by atoms with Crippen molar-refractivity contribution in [1.82, 2.24) is 9.80 Å². The van der Waals surface area contributed by atoms with E-state index in [1.54, 1.807) is 46.3 Å². The van der Waals surface area contributed by atoms with Gasteiger partial charge in [-0.2, -0.15) is 0 Å². The van der Waals surface area contributed by atoms with E-state index in [9.17, 15) is 14.0 Å². The van der Waals surface area contributed by atoms with Crippen molar-refractivity contribution in [3.8, 4) is 5.75 Å². The van der Waals surface area contributed by atoms with Gasteiger partial charge in [0.05, 0.1) is 12.6 Å². The van der Waals surface area contributed by atoms with E-state index in [0.29, 0.717) is 19.5 Å². The van der Waals surface area contributed by atoms with Gasteiger partial charge < -0.3 is 14.5 Å². The molecule has 0 bridgehead atoms. The van der Waals surface area contributed by atoms with Gasteiger partial charge in [0, 0.05) is 24.4 Å². The zero-order valence-corrected chi connectivity index (χ0v) is 17.7. The molecule has 2 amide bonds. The van der Waals surface area contributed by atoms with Crippen molar-refractivity contribution in [3.05, 3.63) is 52.0 Å². The zero-order chi connectivity index (χ0) is 20.8.